The van der Waals surface area contributed by atoms with Crippen LogP contribution in [0.5, 0.6) is 5.75 Å². The van der Waals surface area contributed by atoms with E-state index in [2.05, 4.69) is 4.40 Å². The number of rotatable bonds is 5. The molecule has 0 bridgehead atoms. The summed E-state index contributed by atoms with van der Waals surface area (Å²) in [6, 6.07) is 9.53. The summed E-state index contributed by atoms with van der Waals surface area (Å²) in [5.41, 5.74) is 0. The first-order valence-corrected chi connectivity index (χ1v) is 7.20. The fourth-order valence-corrected chi connectivity index (χ4v) is 2.28. The molecule has 0 saturated heterocycles. The van der Waals surface area contributed by atoms with Crippen LogP contribution in [0.3, 0.4) is 0 Å². The molecule has 1 aromatic heterocycles. The van der Waals surface area contributed by atoms with Crippen molar-refractivity contribution in [2.45, 2.75) is 4.90 Å². The summed E-state index contributed by atoms with van der Waals surface area (Å²) in [5, 5.41) is 0. The highest BCUT2D eigenvalue weighted by molar-refractivity contribution is 7.90. The predicted molar refractivity (Wildman–Crippen MR) is 76.4 cm³/mol. The van der Waals surface area contributed by atoms with Gasteiger partial charge in [0, 0.05) is 6.21 Å². The Morgan fingerprint density at radius 1 is 1.20 bits per heavy atom. The Hall–Kier alpha value is -2.34. The standard InChI is InChI=1S/C14H13NO4S/c1-18-12-6-8-14(9-7-12)20(16,17)15-10-2-4-13-5-3-11-19-13/h2-11H,1H3/b4-2+,15-10+. The number of nitrogens with zero attached hydrogens (tertiary/aromatic N) is 1. The second kappa shape index (κ2) is 6.21. The minimum atomic E-state index is -3.69. The summed E-state index contributed by atoms with van der Waals surface area (Å²) >= 11 is 0. The van der Waals surface area contributed by atoms with Crippen LogP contribution in [0.15, 0.2) is 62.4 Å². The highest BCUT2D eigenvalue weighted by Gasteiger charge is 2.10. The molecule has 0 amide bonds. The Kier molecular flexibility index (Phi) is 4.37. The molecule has 2 rings (SSSR count). The van der Waals surface area contributed by atoms with E-state index in [0.29, 0.717) is 11.5 Å². The summed E-state index contributed by atoms with van der Waals surface area (Å²) < 4.78 is 37.4. The lowest BCUT2D eigenvalue weighted by Crippen LogP contribution is -1.96. The predicted octanol–water partition coefficient (Wildman–Crippen LogP) is 2.76. The van der Waals surface area contributed by atoms with E-state index < -0.39 is 10.0 Å². The van der Waals surface area contributed by atoms with Gasteiger partial charge in [-0.3, -0.25) is 0 Å². The van der Waals surface area contributed by atoms with Gasteiger partial charge in [-0.25, -0.2) is 0 Å². The average molecular weight is 291 g/mol. The number of allylic oxidation sites excluding steroid dienone is 1. The van der Waals surface area contributed by atoms with Gasteiger partial charge in [-0.05, 0) is 48.6 Å². The SMILES string of the molecule is COc1ccc(S(=O)(=O)/N=C/C=C/c2ccco2)cc1. The summed E-state index contributed by atoms with van der Waals surface area (Å²) in [4.78, 5) is 0.112. The van der Waals surface area contributed by atoms with Gasteiger partial charge in [0.1, 0.15) is 11.5 Å². The highest BCUT2D eigenvalue weighted by atomic mass is 32.2. The third kappa shape index (κ3) is 3.58. The third-order valence-corrected chi connectivity index (χ3v) is 3.71. The molecule has 0 N–H and O–H groups in total. The van der Waals surface area contributed by atoms with Crippen molar-refractivity contribution in [1.29, 1.82) is 0 Å². The maximum Gasteiger partial charge on any atom is 0.282 e. The second-order valence-electron chi connectivity index (χ2n) is 3.78. The lowest BCUT2D eigenvalue weighted by Gasteiger charge is -2.00. The van der Waals surface area contributed by atoms with Crippen molar-refractivity contribution in [3.8, 4) is 5.75 Å². The molecule has 0 unspecified atom stereocenters. The van der Waals surface area contributed by atoms with Crippen LogP contribution < -0.4 is 4.74 Å². The van der Waals surface area contributed by atoms with E-state index in [1.807, 2.05) is 0 Å². The number of hydrogen-bond acceptors (Lipinski definition) is 4. The van der Waals surface area contributed by atoms with Crippen molar-refractivity contribution in [2.75, 3.05) is 7.11 Å². The lowest BCUT2D eigenvalue weighted by atomic mass is 10.3. The molecule has 5 nitrogen and oxygen atoms in total. The maximum atomic E-state index is 11.9. The Balaban J connectivity index is 2.10. The minimum absolute atomic E-state index is 0.112. The minimum Gasteiger partial charge on any atom is -0.497 e. The molecular formula is C14H13NO4S. The molecule has 2 aromatic rings. The second-order valence-corrected chi connectivity index (χ2v) is 5.41. The van der Waals surface area contributed by atoms with Crippen LogP contribution >= 0.6 is 0 Å². The molecule has 6 heteroatoms. The molecule has 0 radical (unpaired) electrons. The largest absolute Gasteiger partial charge is 0.497 e. The maximum absolute atomic E-state index is 11.9. The Morgan fingerprint density at radius 2 is 1.95 bits per heavy atom. The number of benzene rings is 1. The van der Waals surface area contributed by atoms with Gasteiger partial charge in [0.25, 0.3) is 10.0 Å². The van der Waals surface area contributed by atoms with E-state index in [1.54, 1.807) is 30.3 Å². The van der Waals surface area contributed by atoms with Crippen molar-refractivity contribution >= 4 is 22.3 Å². The van der Waals surface area contributed by atoms with Gasteiger partial charge in [-0.15, -0.1) is 0 Å². The van der Waals surface area contributed by atoms with Crippen molar-refractivity contribution in [2.24, 2.45) is 4.40 Å². The van der Waals surface area contributed by atoms with Crippen molar-refractivity contribution in [1.82, 2.24) is 0 Å². The van der Waals surface area contributed by atoms with Gasteiger partial charge < -0.3 is 9.15 Å². The van der Waals surface area contributed by atoms with Crippen molar-refractivity contribution in [3.63, 3.8) is 0 Å². The molecule has 1 heterocycles. The normalized spacial score (nSPS) is 12.2. The number of furan rings is 1. The van der Waals surface area contributed by atoms with Crippen LogP contribution in [-0.4, -0.2) is 21.7 Å². The fraction of sp³-hybridized carbons (Fsp3) is 0.0714. The topological polar surface area (TPSA) is 68.9 Å². The molecule has 0 spiro atoms. The van der Waals surface area contributed by atoms with Gasteiger partial charge in [0.05, 0.1) is 18.3 Å². The summed E-state index contributed by atoms with van der Waals surface area (Å²) in [6.45, 7) is 0. The zero-order valence-corrected chi connectivity index (χ0v) is 11.6. The smallest absolute Gasteiger partial charge is 0.282 e. The molecule has 104 valence electrons. The first-order valence-electron chi connectivity index (χ1n) is 5.76. The number of ether oxygens (including phenoxy) is 1. The van der Waals surface area contributed by atoms with E-state index in [-0.39, 0.29) is 4.90 Å². The van der Waals surface area contributed by atoms with Gasteiger partial charge >= 0.3 is 0 Å². The third-order valence-electron chi connectivity index (χ3n) is 2.45. The van der Waals surface area contributed by atoms with E-state index >= 15 is 0 Å². The number of hydrogen-bond donors (Lipinski definition) is 0. The molecular weight excluding hydrogens is 278 g/mol. The van der Waals surface area contributed by atoms with E-state index in [4.69, 9.17) is 9.15 Å². The number of sulfonamides is 1. The van der Waals surface area contributed by atoms with Crippen LogP contribution in [0.2, 0.25) is 0 Å². The molecule has 1 aromatic carbocycles. The molecule has 0 aliphatic heterocycles. The lowest BCUT2D eigenvalue weighted by molar-refractivity contribution is 0.414. The molecule has 0 aliphatic carbocycles. The molecule has 0 saturated carbocycles. The zero-order chi connectivity index (χ0) is 14.4. The van der Waals surface area contributed by atoms with Gasteiger partial charge in [0.2, 0.25) is 0 Å². The van der Waals surface area contributed by atoms with E-state index in [0.717, 1.165) is 0 Å². The van der Waals surface area contributed by atoms with Crippen molar-refractivity contribution < 1.29 is 17.6 Å². The Bertz CT molecular complexity index is 698. The quantitative estimate of drug-likeness (QED) is 0.794. The van der Waals surface area contributed by atoms with E-state index in [9.17, 15) is 8.42 Å². The van der Waals surface area contributed by atoms with Crippen molar-refractivity contribution in [3.05, 3.63) is 54.5 Å². The zero-order valence-electron chi connectivity index (χ0n) is 10.8. The van der Waals surface area contributed by atoms with Crippen LogP contribution in [0.4, 0.5) is 0 Å². The molecule has 0 aliphatic rings. The van der Waals surface area contributed by atoms with Gasteiger partial charge in [-0.1, -0.05) is 0 Å². The summed E-state index contributed by atoms with van der Waals surface area (Å²) in [5.74, 6) is 1.21. The fourth-order valence-electron chi connectivity index (χ4n) is 1.45. The van der Waals surface area contributed by atoms with Crippen LogP contribution in [0.1, 0.15) is 5.76 Å². The monoisotopic (exact) mass is 291 g/mol. The molecule has 20 heavy (non-hydrogen) atoms. The first kappa shape index (κ1) is 14.1. The Morgan fingerprint density at radius 3 is 2.55 bits per heavy atom. The van der Waals surface area contributed by atoms with Gasteiger partial charge in [-0.2, -0.15) is 12.8 Å². The first-order chi connectivity index (χ1) is 9.62. The van der Waals surface area contributed by atoms with Crippen LogP contribution in [-0.2, 0) is 10.0 Å². The van der Waals surface area contributed by atoms with Crippen LogP contribution in [0, 0.1) is 0 Å². The molecule has 0 fully saturated rings. The van der Waals surface area contributed by atoms with E-state index in [1.165, 1.54) is 37.8 Å². The highest BCUT2D eigenvalue weighted by Crippen LogP contribution is 2.17. The number of methoxy groups -OCH3 is 1. The van der Waals surface area contributed by atoms with Gasteiger partial charge in [0.15, 0.2) is 0 Å². The average Bonchev–Trinajstić information content (AvgIpc) is 2.97. The Labute approximate surface area is 117 Å². The molecule has 0 atom stereocenters. The summed E-state index contributed by atoms with van der Waals surface area (Å²) in [7, 11) is -2.18. The van der Waals surface area contributed by atoms with Crippen LogP contribution in [0.25, 0.3) is 6.08 Å². The summed E-state index contributed by atoms with van der Waals surface area (Å²) in [6.07, 6.45) is 5.86.